The van der Waals surface area contributed by atoms with Gasteiger partial charge in [-0.1, -0.05) is 54.1 Å². The van der Waals surface area contributed by atoms with Crippen molar-refractivity contribution in [2.75, 3.05) is 20.6 Å². The monoisotopic (exact) mass is 287 g/mol. The molecule has 0 saturated heterocycles. The quantitative estimate of drug-likeness (QED) is 0.759. The average Bonchev–Trinajstić information content (AvgIpc) is 2.46. The molecule has 2 aromatic carbocycles. The molecule has 0 fully saturated rings. The van der Waals surface area contributed by atoms with Crippen LogP contribution in [-0.2, 0) is 0 Å². The number of hydrogen-bond donors (Lipinski definition) is 0. The minimum atomic E-state index is 0.610. The lowest BCUT2D eigenvalue weighted by Crippen LogP contribution is -2.12. The van der Waals surface area contributed by atoms with Gasteiger partial charge in [-0.15, -0.1) is 0 Å². The van der Waals surface area contributed by atoms with Crippen molar-refractivity contribution in [3.05, 3.63) is 71.3 Å². The van der Waals surface area contributed by atoms with Crippen molar-refractivity contribution in [3.8, 4) is 5.75 Å². The maximum Gasteiger partial charge on any atom is 0.146 e. The average molecular weight is 288 g/mol. The van der Waals surface area contributed by atoms with Gasteiger partial charge in [-0.05, 0) is 32.3 Å². The largest absolute Gasteiger partial charge is 0.455 e. The molecule has 3 heteroatoms. The summed E-state index contributed by atoms with van der Waals surface area (Å²) in [5, 5.41) is 0.610. The van der Waals surface area contributed by atoms with Crippen molar-refractivity contribution in [1.82, 2.24) is 4.90 Å². The van der Waals surface area contributed by atoms with Gasteiger partial charge in [0.15, 0.2) is 0 Å². The molecule has 2 aromatic rings. The first kappa shape index (κ1) is 14.6. The Balaban J connectivity index is 2.28. The first-order valence-electron chi connectivity index (χ1n) is 6.49. The lowest BCUT2D eigenvalue weighted by Gasteiger charge is -2.13. The van der Waals surface area contributed by atoms with Crippen molar-refractivity contribution < 1.29 is 4.74 Å². The Hall–Kier alpha value is -1.77. The summed E-state index contributed by atoms with van der Waals surface area (Å²) >= 11 is 6.16. The van der Waals surface area contributed by atoms with E-state index in [9.17, 15) is 0 Å². The second-order valence-corrected chi connectivity index (χ2v) is 5.14. The third kappa shape index (κ3) is 4.12. The van der Waals surface area contributed by atoms with Crippen LogP contribution in [0.15, 0.2) is 60.7 Å². The van der Waals surface area contributed by atoms with Gasteiger partial charge in [0.25, 0.3) is 0 Å². The highest BCUT2D eigenvalue weighted by Crippen LogP contribution is 2.28. The van der Waals surface area contributed by atoms with E-state index in [0.29, 0.717) is 10.8 Å². The van der Waals surface area contributed by atoms with Crippen molar-refractivity contribution in [1.29, 1.82) is 0 Å². The molecule has 2 nitrogen and oxygen atoms in total. The fourth-order valence-electron chi connectivity index (χ4n) is 1.73. The Labute approximate surface area is 125 Å². The zero-order valence-electron chi connectivity index (χ0n) is 11.7. The van der Waals surface area contributed by atoms with E-state index in [0.717, 1.165) is 17.9 Å². The molecule has 0 amide bonds. The number of rotatable bonds is 5. The zero-order valence-corrected chi connectivity index (χ0v) is 12.5. The fraction of sp³-hybridized carbons (Fsp3) is 0.176. The molecular weight excluding hydrogens is 270 g/mol. The molecule has 2 rings (SSSR count). The molecule has 0 N–H and O–H groups in total. The molecule has 0 aliphatic heterocycles. The molecular formula is C17H18ClNO. The van der Waals surface area contributed by atoms with Gasteiger partial charge in [0, 0.05) is 12.1 Å². The van der Waals surface area contributed by atoms with Gasteiger partial charge in [-0.25, -0.2) is 0 Å². The topological polar surface area (TPSA) is 12.5 Å². The first-order valence-corrected chi connectivity index (χ1v) is 6.87. The third-order valence-corrected chi connectivity index (χ3v) is 3.07. The Bertz CT molecular complexity index is 579. The van der Waals surface area contributed by atoms with E-state index in [1.165, 1.54) is 0 Å². The van der Waals surface area contributed by atoms with Crippen LogP contribution in [0.3, 0.4) is 0 Å². The Morgan fingerprint density at radius 1 is 1.05 bits per heavy atom. The fourth-order valence-corrected chi connectivity index (χ4v) is 1.91. The van der Waals surface area contributed by atoms with Crippen LogP contribution in [0.4, 0.5) is 0 Å². The number of benzene rings is 2. The molecule has 20 heavy (non-hydrogen) atoms. The van der Waals surface area contributed by atoms with E-state index in [2.05, 4.69) is 11.0 Å². The van der Waals surface area contributed by atoms with Crippen LogP contribution in [0.25, 0.3) is 5.76 Å². The van der Waals surface area contributed by atoms with Crippen LogP contribution in [-0.4, -0.2) is 25.5 Å². The third-order valence-electron chi connectivity index (χ3n) is 2.76. The van der Waals surface area contributed by atoms with E-state index >= 15 is 0 Å². The van der Waals surface area contributed by atoms with Crippen molar-refractivity contribution in [3.63, 3.8) is 0 Å². The predicted molar refractivity (Wildman–Crippen MR) is 85.1 cm³/mol. The molecule has 0 saturated carbocycles. The molecule has 104 valence electrons. The summed E-state index contributed by atoms with van der Waals surface area (Å²) in [6, 6.07) is 17.5. The van der Waals surface area contributed by atoms with Gasteiger partial charge >= 0.3 is 0 Å². The minimum absolute atomic E-state index is 0.610. The molecule has 0 unspecified atom stereocenters. The SMILES string of the molecule is CN(C)CC=C(Oc1ccccc1Cl)c1ccccc1. The predicted octanol–water partition coefficient (Wildman–Crippen LogP) is 4.32. The highest BCUT2D eigenvalue weighted by Gasteiger charge is 2.07. The van der Waals surface area contributed by atoms with Crippen molar-refractivity contribution >= 4 is 17.4 Å². The number of ether oxygens (including phenoxy) is 1. The van der Waals surface area contributed by atoms with Crippen LogP contribution in [0, 0.1) is 0 Å². The van der Waals surface area contributed by atoms with Crippen LogP contribution < -0.4 is 4.74 Å². The van der Waals surface area contributed by atoms with E-state index in [1.54, 1.807) is 0 Å². The number of hydrogen-bond acceptors (Lipinski definition) is 2. The van der Waals surface area contributed by atoms with Gasteiger partial charge in [0.1, 0.15) is 11.5 Å². The number of likely N-dealkylation sites (N-methyl/N-ethyl adjacent to an activating group) is 1. The smallest absolute Gasteiger partial charge is 0.146 e. The van der Waals surface area contributed by atoms with E-state index in [-0.39, 0.29) is 0 Å². The number of halogens is 1. The molecule has 0 radical (unpaired) electrons. The normalized spacial score (nSPS) is 11.7. The Kier molecular flexibility index (Phi) is 5.22. The molecule has 0 bridgehead atoms. The maximum absolute atomic E-state index is 6.16. The Morgan fingerprint density at radius 2 is 1.70 bits per heavy atom. The van der Waals surface area contributed by atoms with Gasteiger partial charge < -0.3 is 9.64 Å². The number of para-hydroxylation sites is 1. The molecule has 0 aliphatic rings. The van der Waals surface area contributed by atoms with Crippen molar-refractivity contribution in [2.24, 2.45) is 0 Å². The summed E-state index contributed by atoms with van der Waals surface area (Å²) in [6.07, 6.45) is 2.05. The van der Waals surface area contributed by atoms with Crippen LogP contribution in [0.1, 0.15) is 5.56 Å². The molecule has 0 aliphatic carbocycles. The second kappa shape index (κ2) is 7.13. The standard InChI is InChI=1S/C17H18ClNO/c1-19(2)13-12-16(14-8-4-3-5-9-14)20-17-11-7-6-10-15(17)18/h3-12H,13H2,1-2H3. The number of nitrogens with zero attached hydrogens (tertiary/aromatic N) is 1. The van der Waals surface area contributed by atoms with E-state index in [1.807, 2.05) is 68.7 Å². The van der Waals surface area contributed by atoms with E-state index < -0.39 is 0 Å². The second-order valence-electron chi connectivity index (χ2n) is 4.73. The summed E-state index contributed by atoms with van der Waals surface area (Å²) in [4.78, 5) is 2.08. The molecule has 0 atom stereocenters. The van der Waals surface area contributed by atoms with E-state index in [4.69, 9.17) is 16.3 Å². The first-order chi connectivity index (χ1) is 9.66. The van der Waals surface area contributed by atoms with Gasteiger partial charge in [-0.3, -0.25) is 0 Å². The van der Waals surface area contributed by atoms with Crippen LogP contribution in [0.5, 0.6) is 5.75 Å². The summed E-state index contributed by atoms with van der Waals surface area (Å²) < 4.78 is 5.98. The van der Waals surface area contributed by atoms with Crippen molar-refractivity contribution in [2.45, 2.75) is 0 Å². The van der Waals surface area contributed by atoms with Gasteiger partial charge in [-0.2, -0.15) is 0 Å². The summed E-state index contributed by atoms with van der Waals surface area (Å²) in [6.45, 7) is 0.800. The lowest BCUT2D eigenvalue weighted by atomic mass is 10.2. The summed E-state index contributed by atoms with van der Waals surface area (Å²) in [5.41, 5.74) is 1.04. The van der Waals surface area contributed by atoms with Gasteiger partial charge in [0.05, 0.1) is 5.02 Å². The maximum atomic E-state index is 6.16. The summed E-state index contributed by atoms with van der Waals surface area (Å²) in [5.74, 6) is 1.48. The Morgan fingerprint density at radius 3 is 2.35 bits per heavy atom. The summed E-state index contributed by atoms with van der Waals surface area (Å²) in [7, 11) is 4.04. The van der Waals surface area contributed by atoms with Crippen LogP contribution >= 0.6 is 11.6 Å². The minimum Gasteiger partial charge on any atom is -0.455 e. The lowest BCUT2D eigenvalue weighted by molar-refractivity contribution is 0.448. The molecule has 0 spiro atoms. The van der Waals surface area contributed by atoms with Crippen LogP contribution in [0.2, 0.25) is 5.02 Å². The zero-order chi connectivity index (χ0) is 14.4. The molecule has 0 heterocycles. The van der Waals surface area contributed by atoms with Gasteiger partial charge in [0.2, 0.25) is 0 Å². The highest BCUT2D eigenvalue weighted by molar-refractivity contribution is 6.32. The highest BCUT2D eigenvalue weighted by atomic mass is 35.5. The molecule has 0 aromatic heterocycles.